The quantitative estimate of drug-likeness (QED) is 0.701. The summed E-state index contributed by atoms with van der Waals surface area (Å²) in [4.78, 5) is 10.4. The highest BCUT2D eigenvalue weighted by atomic mass is 79.9. The summed E-state index contributed by atoms with van der Waals surface area (Å²) in [5.41, 5.74) is 0.680. The monoisotopic (exact) mass is 225 g/mol. The smallest absolute Gasteiger partial charge is 0.207 e. The lowest BCUT2D eigenvalue weighted by Crippen LogP contribution is -1.74. The van der Waals surface area contributed by atoms with E-state index in [0.29, 0.717) is 11.8 Å². The summed E-state index contributed by atoms with van der Waals surface area (Å²) in [5, 5.41) is 4.47. The third kappa shape index (κ3) is 0.956. The van der Waals surface area contributed by atoms with E-state index in [1.165, 1.54) is 0 Å². The van der Waals surface area contributed by atoms with Crippen molar-refractivity contribution in [2.75, 3.05) is 0 Å². The summed E-state index contributed by atoms with van der Waals surface area (Å²) in [6.07, 6.45) is 0.655. The molecule has 4 heteroatoms. The molecule has 0 aliphatic heterocycles. The maximum atomic E-state index is 10.4. The Morgan fingerprint density at radius 3 is 3.08 bits per heavy atom. The molecule has 60 valence electrons. The van der Waals surface area contributed by atoms with Crippen LogP contribution >= 0.6 is 15.9 Å². The Labute approximate surface area is 76.5 Å². The van der Waals surface area contributed by atoms with Crippen molar-refractivity contribution in [1.82, 2.24) is 5.16 Å². The number of nitrogens with zero attached hydrogens (tertiary/aromatic N) is 1. The van der Waals surface area contributed by atoms with Crippen LogP contribution in [0, 0.1) is 0 Å². The van der Waals surface area contributed by atoms with Crippen LogP contribution in [0.15, 0.2) is 27.2 Å². The maximum Gasteiger partial charge on any atom is 0.207 e. The van der Waals surface area contributed by atoms with Gasteiger partial charge >= 0.3 is 0 Å². The van der Waals surface area contributed by atoms with Gasteiger partial charge in [0.25, 0.3) is 0 Å². The number of hydrogen-bond acceptors (Lipinski definition) is 3. The van der Waals surface area contributed by atoms with Crippen molar-refractivity contribution in [3.8, 4) is 0 Å². The molecule has 12 heavy (non-hydrogen) atoms. The number of halogens is 1. The molecule has 0 fully saturated rings. The van der Waals surface area contributed by atoms with Crippen molar-refractivity contribution in [2.45, 2.75) is 0 Å². The van der Waals surface area contributed by atoms with Gasteiger partial charge in [0.1, 0.15) is 5.52 Å². The van der Waals surface area contributed by atoms with E-state index in [1.54, 1.807) is 6.07 Å². The summed E-state index contributed by atoms with van der Waals surface area (Å²) < 4.78 is 5.63. The van der Waals surface area contributed by atoms with Crippen molar-refractivity contribution in [3.63, 3.8) is 0 Å². The molecule has 0 amide bonds. The second-order valence-electron chi connectivity index (χ2n) is 2.30. The van der Waals surface area contributed by atoms with Crippen molar-refractivity contribution < 1.29 is 9.32 Å². The zero-order valence-corrected chi connectivity index (χ0v) is 7.54. The first-order valence-electron chi connectivity index (χ1n) is 3.32. The predicted octanol–water partition coefficient (Wildman–Crippen LogP) is 2.40. The van der Waals surface area contributed by atoms with Crippen molar-refractivity contribution in [3.05, 3.63) is 28.4 Å². The number of rotatable bonds is 1. The lowest BCUT2D eigenvalue weighted by atomic mass is 10.2. The Hall–Kier alpha value is -1.16. The molecule has 0 atom stereocenters. The van der Waals surface area contributed by atoms with Gasteiger partial charge in [0.05, 0.1) is 5.39 Å². The van der Waals surface area contributed by atoms with Crippen LogP contribution in [0.5, 0.6) is 0 Å². The largest absolute Gasteiger partial charge is 0.352 e. The van der Waals surface area contributed by atoms with Crippen LogP contribution in [-0.2, 0) is 0 Å². The SMILES string of the molecule is O=Cc1onc2c(Br)cccc12. The second-order valence-corrected chi connectivity index (χ2v) is 3.16. The molecule has 0 spiro atoms. The number of carbonyl (C=O) groups excluding carboxylic acids is 1. The summed E-state index contributed by atoms with van der Waals surface area (Å²) in [6, 6.07) is 5.47. The molecular weight excluding hydrogens is 222 g/mol. The van der Waals surface area contributed by atoms with Crippen LogP contribution in [0.4, 0.5) is 0 Å². The molecule has 0 radical (unpaired) electrons. The van der Waals surface area contributed by atoms with Gasteiger partial charge in [-0.05, 0) is 28.1 Å². The summed E-state index contributed by atoms with van der Waals surface area (Å²) >= 11 is 3.30. The van der Waals surface area contributed by atoms with E-state index in [0.717, 1.165) is 9.86 Å². The first-order chi connectivity index (χ1) is 5.83. The first-order valence-corrected chi connectivity index (χ1v) is 4.11. The lowest BCUT2D eigenvalue weighted by Gasteiger charge is -1.87. The molecular formula is C8H4BrNO2. The van der Waals surface area contributed by atoms with E-state index in [1.807, 2.05) is 12.1 Å². The second kappa shape index (κ2) is 2.71. The van der Waals surface area contributed by atoms with Gasteiger partial charge in [-0.3, -0.25) is 4.79 Å². The highest BCUT2D eigenvalue weighted by Crippen LogP contribution is 2.24. The fraction of sp³-hybridized carbons (Fsp3) is 0. The van der Waals surface area contributed by atoms with Gasteiger partial charge in [0.15, 0.2) is 6.29 Å². The van der Waals surface area contributed by atoms with Gasteiger partial charge in [0.2, 0.25) is 5.76 Å². The average molecular weight is 226 g/mol. The van der Waals surface area contributed by atoms with Crippen LogP contribution < -0.4 is 0 Å². The van der Waals surface area contributed by atoms with E-state index < -0.39 is 0 Å². The Bertz CT molecular complexity index is 436. The zero-order valence-electron chi connectivity index (χ0n) is 5.95. The number of aldehydes is 1. The minimum Gasteiger partial charge on any atom is -0.352 e. The number of fused-ring (bicyclic) bond motifs is 1. The molecule has 0 bridgehead atoms. The third-order valence-electron chi connectivity index (χ3n) is 1.59. The number of aromatic nitrogens is 1. The Morgan fingerprint density at radius 2 is 2.33 bits per heavy atom. The minimum absolute atomic E-state index is 0.270. The third-order valence-corrected chi connectivity index (χ3v) is 2.23. The number of benzene rings is 1. The molecule has 0 saturated heterocycles. The topological polar surface area (TPSA) is 43.1 Å². The summed E-state index contributed by atoms with van der Waals surface area (Å²) in [5.74, 6) is 0.270. The first kappa shape index (κ1) is 7.49. The average Bonchev–Trinajstić information content (AvgIpc) is 2.49. The summed E-state index contributed by atoms with van der Waals surface area (Å²) in [6.45, 7) is 0. The van der Waals surface area contributed by atoms with Crippen LogP contribution in [-0.4, -0.2) is 11.4 Å². The van der Waals surface area contributed by atoms with Crippen molar-refractivity contribution in [2.24, 2.45) is 0 Å². The van der Waals surface area contributed by atoms with Gasteiger partial charge in [-0.1, -0.05) is 11.2 Å². The summed E-state index contributed by atoms with van der Waals surface area (Å²) in [7, 11) is 0. The Kier molecular flexibility index (Phi) is 1.69. The molecule has 1 aromatic heterocycles. The highest BCUT2D eigenvalue weighted by Gasteiger charge is 2.08. The maximum absolute atomic E-state index is 10.4. The van der Waals surface area contributed by atoms with Crippen LogP contribution in [0.1, 0.15) is 10.6 Å². The van der Waals surface area contributed by atoms with Gasteiger partial charge in [0, 0.05) is 4.47 Å². The standard InChI is InChI=1S/C8H4BrNO2/c9-6-3-1-2-5-7(4-11)12-10-8(5)6/h1-4H. The Balaban J connectivity index is 2.88. The van der Waals surface area contributed by atoms with Crippen LogP contribution in [0.2, 0.25) is 0 Å². The minimum atomic E-state index is 0.270. The predicted molar refractivity (Wildman–Crippen MR) is 47.1 cm³/mol. The van der Waals surface area contributed by atoms with Crippen LogP contribution in [0.25, 0.3) is 10.9 Å². The van der Waals surface area contributed by atoms with Gasteiger partial charge < -0.3 is 4.52 Å². The van der Waals surface area contributed by atoms with E-state index in [4.69, 9.17) is 4.52 Å². The lowest BCUT2D eigenvalue weighted by molar-refractivity contribution is 0.109. The molecule has 0 N–H and O–H groups in total. The fourth-order valence-corrected chi connectivity index (χ4v) is 1.47. The van der Waals surface area contributed by atoms with E-state index in [9.17, 15) is 4.79 Å². The molecule has 0 saturated carbocycles. The number of hydrogen-bond donors (Lipinski definition) is 0. The molecule has 1 heterocycles. The molecule has 1 aromatic carbocycles. The van der Waals surface area contributed by atoms with E-state index in [2.05, 4.69) is 21.1 Å². The van der Waals surface area contributed by atoms with Crippen molar-refractivity contribution >= 4 is 33.1 Å². The van der Waals surface area contributed by atoms with E-state index >= 15 is 0 Å². The number of carbonyl (C=O) groups is 1. The Morgan fingerprint density at radius 1 is 1.50 bits per heavy atom. The normalized spacial score (nSPS) is 10.4. The van der Waals surface area contributed by atoms with Crippen LogP contribution in [0.3, 0.4) is 0 Å². The van der Waals surface area contributed by atoms with Gasteiger partial charge in [-0.2, -0.15) is 0 Å². The molecule has 0 aliphatic carbocycles. The molecule has 3 nitrogen and oxygen atoms in total. The zero-order chi connectivity index (χ0) is 8.55. The molecule has 0 unspecified atom stereocenters. The van der Waals surface area contributed by atoms with Gasteiger partial charge in [-0.15, -0.1) is 0 Å². The molecule has 0 aliphatic rings. The molecule has 2 rings (SSSR count). The highest BCUT2D eigenvalue weighted by molar-refractivity contribution is 9.10. The fourth-order valence-electron chi connectivity index (χ4n) is 1.04. The van der Waals surface area contributed by atoms with Crippen molar-refractivity contribution in [1.29, 1.82) is 0 Å². The molecule has 2 aromatic rings. The van der Waals surface area contributed by atoms with Gasteiger partial charge in [-0.25, -0.2) is 0 Å². The van der Waals surface area contributed by atoms with E-state index in [-0.39, 0.29) is 5.76 Å².